The number of alkyl halides is 3. The standard InChI is InChI=1S/C12H10BrF3N2S/c1-6-2-7(4-8(13)3-6)10(17)9-5-18-11(19-9)12(14,15)16/h2-5,10H,17H2,1H3. The molecule has 2 N–H and O–H groups in total. The van der Waals surface area contributed by atoms with Crippen LogP contribution in [0.5, 0.6) is 0 Å². The van der Waals surface area contributed by atoms with Crippen molar-refractivity contribution in [2.24, 2.45) is 5.73 Å². The predicted molar refractivity (Wildman–Crippen MR) is 72.0 cm³/mol. The van der Waals surface area contributed by atoms with Gasteiger partial charge in [-0.15, -0.1) is 11.3 Å². The molecule has 0 saturated carbocycles. The SMILES string of the molecule is Cc1cc(Br)cc(C(N)c2cnc(C(F)(F)F)s2)c1. The zero-order valence-corrected chi connectivity index (χ0v) is 12.2. The number of aromatic nitrogens is 1. The Labute approximate surface area is 120 Å². The van der Waals surface area contributed by atoms with Crippen LogP contribution in [-0.4, -0.2) is 4.98 Å². The van der Waals surface area contributed by atoms with Gasteiger partial charge in [0.05, 0.1) is 6.04 Å². The van der Waals surface area contributed by atoms with E-state index in [2.05, 4.69) is 20.9 Å². The molecule has 0 bridgehead atoms. The fraction of sp³-hybridized carbons (Fsp3) is 0.250. The van der Waals surface area contributed by atoms with Crippen LogP contribution < -0.4 is 5.73 Å². The third-order valence-corrected chi connectivity index (χ3v) is 4.08. The van der Waals surface area contributed by atoms with Gasteiger partial charge in [0.15, 0.2) is 5.01 Å². The molecule has 0 spiro atoms. The molecule has 1 heterocycles. The zero-order chi connectivity index (χ0) is 14.2. The van der Waals surface area contributed by atoms with Crippen LogP contribution in [0, 0.1) is 6.92 Å². The fourth-order valence-corrected chi connectivity index (χ4v) is 3.11. The molecule has 2 aromatic rings. The van der Waals surface area contributed by atoms with Crippen molar-refractivity contribution in [1.82, 2.24) is 4.98 Å². The number of nitrogens with two attached hydrogens (primary N) is 1. The second-order valence-corrected chi connectivity index (χ2v) is 6.08. The highest BCUT2D eigenvalue weighted by molar-refractivity contribution is 9.10. The molecule has 2 nitrogen and oxygen atoms in total. The maximum absolute atomic E-state index is 12.5. The van der Waals surface area contributed by atoms with Gasteiger partial charge in [-0.3, -0.25) is 0 Å². The molecule has 0 radical (unpaired) electrons. The molecule has 0 fully saturated rings. The topological polar surface area (TPSA) is 38.9 Å². The quantitative estimate of drug-likeness (QED) is 0.877. The van der Waals surface area contributed by atoms with Crippen molar-refractivity contribution in [3.63, 3.8) is 0 Å². The number of hydrogen-bond acceptors (Lipinski definition) is 3. The van der Waals surface area contributed by atoms with Crippen molar-refractivity contribution in [3.05, 3.63) is 49.9 Å². The molecule has 1 aromatic carbocycles. The highest BCUT2D eigenvalue weighted by Crippen LogP contribution is 2.35. The molecule has 102 valence electrons. The summed E-state index contributed by atoms with van der Waals surface area (Å²) >= 11 is 3.92. The van der Waals surface area contributed by atoms with Crippen LogP contribution in [0.15, 0.2) is 28.9 Å². The first-order valence-corrected chi connectivity index (χ1v) is 6.94. The van der Waals surface area contributed by atoms with E-state index in [1.54, 1.807) is 6.07 Å². The minimum atomic E-state index is -4.42. The lowest BCUT2D eigenvalue weighted by molar-refractivity contribution is -0.137. The van der Waals surface area contributed by atoms with Crippen LogP contribution in [0.25, 0.3) is 0 Å². The van der Waals surface area contributed by atoms with Gasteiger partial charge in [-0.05, 0) is 30.2 Å². The van der Waals surface area contributed by atoms with Gasteiger partial charge in [-0.2, -0.15) is 13.2 Å². The molecule has 2 rings (SSSR count). The average molecular weight is 351 g/mol. The molecule has 19 heavy (non-hydrogen) atoms. The second-order valence-electron chi connectivity index (χ2n) is 4.11. The van der Waals surface area contributed by atoms with E-state index in [0.717, 1.165) is 15.6 Å². The molecule has 0 aliphatic carbocycles. The van der Waals surface area contributed by atoms with Gasteiger partial charge in [-0.1, -0.05) is 22.0 Å². The van der Waals surface area contributed by atoms with E-state index in [1.165, 1.54) is 6.20 Å². The van der Waals surface area contributed by atoms with Crippen molar-refractivity contribution in [2.75, 3.05) is 0 Å². The molecule has 7 heteroatoms. The van der Waals surface area contributed by atoms with Gasteiger partial charge in [0.2, 0.25) is 0 Å². The maximum Gasteiger partial charge on any atom is 0.443 e. The maximum atomic E-state index is 12.5. The van der Waals surface area contributed by atoms with E-state index in [4.69, 9.17) is 5.73 Å². The van der Waals surface area contributed by atoms with Crippen LogP contribution in [-0.2, 0) is 6.18 Å². The van der Waals surface area contributed by atoms with Gasteiger partial charge < -0.3 is 5.73 Å². The Bertz CT molecular complexity index is 575. The molecule has 0 amide bonds. The molecular formula is C12H10BrF3N2S. The smallest absolute Gasteiger partial charge is 0.320 e. The zero-order valence-electron chi connectivity index (χ0n) is 9.83. The van der Waals surface area contributed by atoms with Crippen LogP contribution >= 0.6 is 27.3 Å². The van der Waals surface area contributed by atoms with E-state index in [0.29, 0.717) is 16.2 Å². The molecular weight excluding hydrogens is 341 g/mol. The van der Waals surface area contributed by atoms with Gasteiger partial charge in [-0.25, -0.2) is 4.98 Å². The normalized spacial score (nSPS) is 13.6. The molecule has 0 aliphatic heterocycles. The molecule has 0 saturated heterocycles. The third kappa shape index (κ3) is 3.34. The van der Waals surface area contributed by atoms with E-state index in [-0.39, 0.29) is 0 Å². The third-order valence-electron chi connectivity index (χ3n) is 2.50. The fourth-order valence-electron chi connectivity index (χ4n) is 1.67. The number of hydrogen-bond donors (Lipinski definition) is 1. The van der Waals surface area contributed by atoms with Gasteiger partial charge in [0.25, 0.3) is 0 Å². The number of rotatable bonds is 2. The number of nitrogens with zero attached hydrogens (tertiary/aromatic N) is 1. The Hall–Kier alpha value is -0.920. The number of halogens is 4. The van der Waals surface area contributed by atoms with E-state index < -0.39 is 17.2 Å². The highest BCUT2D eigenvalue weighted by Gasteiger charge is 2.35. The van der Waals surface area contributed by atoms with Gasteiger partial charge >= 0.3 is 6.18 Å². The monoisotopic (exact) mass is 350 g/mol. The summed E-state index contributed by atoms with van der Waals surface area (Å²) in [6, 6.07) is 4.95. The largest absolute Gasteiger partial charge is 0.443 e. The van der Waals surface area contributed by atoms with Crippen molar-refractivity contribution in [3.8, 4) is 0 Å². The average Bonchev–Trinajstić information content (AvgIpc) is 2.75. The van der Waals surface area contributed by atoms with Crippen LogP contribution in [0.3, 0.4) is 0 Å². The van der Waals surface area contributed by atoms with Gasteiger partial charge in [0.1, 0.15) is 0 Å². The summed E-state index contributed by atoms with van der Waals surface area (Å²) in [6.45, 7) is 1.90. The lowest BCUT2D eigenvalue weighted by Gasteiger charge is -2.11. The lowest BCUT2D eigenvalue weighted by Crippen LogP contribution is -2.10. The first-order chi connectivity index (χ1) is 8.77. The summed E-state index contributed by atoms with van der Waals surface area (Å²) in [7, 11) is 0. The Kier molecular flexibility index (Phi) is 3.98. The first-order valence-electron chi connectivity index (χ1n) is 5.33. The number of aryl methyl sites for hydroxylation is 1. The lowest BCUT2D eigenvalue weighted by atomic mass is 10.0. The van der Waals surface area contributed by atoms with Crippen molar-refractivity contribution < 1.29 is 13.2 Å². The first kappa shape index (κ1) is 14.5. The summed E-state index contributed by atoms with van der Waals surface area (Å²) in [5, 5.41) is -0.871. The van der Waals surface area contributed by atoms with Gasteiger partial charge in [0, 0.05) is 15.5 Å². The van der Waals surface area contributed by atoms with E-state index in [1.807, 2.05) is 19.1 Å². The molecule has 0 aliphatic rings. The van der Waals surface area contributed by atoms with Crippen LogP contribution in [0.2, 0.25) is 0 Å². The summed E-state index contributed by atoms with van der Waals surface area (Å²) in [5.41, 5.74) is 7.73. The van der Waals surface area contributed by atoms with Crippen molar-refractivity contribution in [2.45, 2.75) is 19.1 Å². The number of benzene rings is 1. The summed E-state index contributed by atoms with van der Waals surface area (Å²) < 4.78 is 38.3. The predicted octanol–water partition coefficient (Wildman–Crippen LogP) is 4.28. The molecule has 1 aromatic heterocycles. The summed E-state index contributed by atoms with van der Waals surface area (Å²) in [6.07, 6.45) is -3.23. The Morgan fingerprint density at radius 2 is 2.00 bits per heavy atom. The van der Waals surface area contributed by atoms with Crippen molar-refractivity contribution in [1.29, 1.82) is 0 Å². The van der Waals surface area contributed by atoms with E-state index in [9.17, 15) is 13.2 Å². The van der Waals surface area contributed by atoms with Crippen LogP contribution in [0.4, 0.5) is 13.2 Å². The molecule has 1 atom stereocenters. The summed E-state index contributed by atoms with van der Waals surface area (Å²) in [4.78, 5) is 3.77. The highest BCUT2D eigenvalue weighted by atomic mass is 79.9. The van der Waals surface area contributed by atoms with Crippen LogP contribution in [0.1, 0.15) is 27.1 Å². The second kappa shape index (κ2) is 5.22. The summed E-state index contributed by atoms with van der Waals surface area (Å²) in [5.74, 6) is 0. The Morgan fingerprint density at radius 1 is 1.32 bits per heavy atom. The van der Waals surface area contributed by atoms with Crippen molar-refractivity contribution >= 4 is 27.3 Å². The molecule has 1 unspecified atom stereocenters. The minimum absolute atomic E-state index is 0.393. The Morgan fingerprint density at radius 3 is 2.53 bits per heavy atom. The van der Waals surface area contributed by atoms with E-state index >= 15 is 0 Å². The number of thiazole rings is 1. The minimum Gasteiger partial charge on any atom is -0.320 e. The Balaban J connectivity index is 2.33.